The molecular weight excluding hydrogens is 226 g/mol. The summed E-state index contributed by atoms with van der Waals surface area (Å²) >= 11 is 0. The maximum absolute atomic E-state index is 11.1. The molecule has 102 valence electrons. The molecule has 1 aliphatic rings. The van der Waals surface area contributed by atoms with Gasteiger partial charge in [0.1, 0.15) is 0 Å². The second kappa shape index (κ2) is 6.80. The zero-order chi connectivity index (χ0) is 13.6. The highest BCUT2D eigenvalue weighted by Crippen LogP contribution is 2.20. The largest absolute Gasteiger partial charge is 0.446 e. The Balaban J connectivity index is 2.57. The summed E-state index contributed by atoms with van der Waals surface area (Å²) in [5.41, 5.74) is -0.665. The van der Waals surface area contributed by atoms with Crippen LogP contribution in [0.1, 0.15) is 47.0 Å². The number of hydrogen-bond acceptors (Lipinski definition) is 3. The fourth-order valence-corrected chi connectivity index (χ4v) is 2.03. The van der Waals surface area contributed by atoms with E-state index in [0.717, 1.165) is 19.6 Å². The van der Waals surface area contributed by atoms with E-state index in [2.05, 4.69) is 16.7 Å². The standard InChI is InChI=1S/C15H25NO2/c1-13(2)15(4,18-14(3)17)9-8-12-16-10-6-5-7-11-16/h13H,5-7,10-12H2,1-4H3/t15-/m0/s1. The first-order chi connectivity index (χ1) is 8.44. The minimum Gasteiger partial charge on any atom is -0.446 e. The molecule has 0 unspecified atom stereocenters. The molecule has 0 amide bonds. The number of piperidine rings is 1. The third kappa shape index (κ3) is 4.70. The first-order valence-corrected chi connectivity index (χ1v) is 6.86. The van der Waals surface area contributed by atoms with E-state index in [-0.39, 0.29) is 11.9 Å². The van der Waals surface area contributed by atoms with Crippen molar-refractivity contribution >= 4 is 5.97 Å². The number of carbonyl (C=O) groups is 1. The van der Waals surface area contributed by atoms with Crippen LogP contribution in [0.25, 0.3) is 0 Å². The minimum absolute atomic E-state index is 0.190. The van der Waals surface area contributed by atoms with Crippen LogP contribution in [0.3, 0.4) is 0 Å². The molecule has 0 aromatic rings. The third-order valence-electron chi connectivity index (χ3n) is 3.55. The highest BCUT2D eigenvalue weighted by molar-refractivity contribution is 5.67. The van der Waals surface area contributed by atoms with E-state index in [1.807, 2.05) is 20.8 Å². The smallest absolute Gasteiger partial charge is 0.304 e. The summed E-state index contributed by atoms with van der Waals surface area (Å²) in [7, 11) is 0. The molecule has 1 fully saturated rings. The van der Waals surface area contributed by atoms with Gasteiger partial charge in [-0.25, -0.2) is 0 Å². The molecule has 0 aliphatic carbocycles. The van der Waals surface area contributed by atoms with Crippen molar-refractivity contribution in [2.75, 3.05) is 19.6 Å². The number of ether oxygens (including phenoxy) is 1. The van der Waals surface area contributed by atoms with Gasteiger partial charge in [0.05, 0.1) is 6.54 Å². The molecule has 0 bridgehead atoms. The highest BCUT2D eigenvalue weighted by atomic mass is 16.6. The van der Waals surface area contributed by atoms with Crippen molar-refractivity contribution in [2.24, 2.45) is 5.92 Å². The first-order valence-electron chi connectivity index (χ1n) is 6.86. The van der Waals surface area contributed by atoms with Crippen molar-refractivity contribution in [2.45, 2.75) is 52.6 Å². The summed E-state index contributed by atoms with van der Waals surface area (Å²) in [5, 5.41) is 0. The van der Waals surface area contributed by atoms with Gasteiger partial charge in [-0.1, -0.05) is 32.1 Å². The summed E-state index contributed by atoms with van der Waals surface area (Å²) in [6.07, 6.45) is 3.88. The van der Waals surface area contributed by atoms with Gasteiger partial charge in [0, 0.05) is 12.8 Å². The lowest BCUT2D eigenvalue weighted by molar-refractivity contribution is -0.153. The van der Waals surface area contributed by atoms with E-state index in [0.29, 0.717) is 0 Å². The maximum Gasteiger partial charge on any atom is 0.304 e. The van der Waals surface area contributed by atoms with Crippen LogP contribution in [0.5, 0.6) is 0 Å². The van der Waals surface area contributed by atoms with Crippen molar-refractivity contribution in [3.63, 3.8) is 0 Å². The van der Waals surface area contributed by atoms with Crippen molar-refractivity contribution in [1.82, 2.24) is 4.90 Å². The molecule has 1 aliphatic heterocycles. The quantitative estimate of drug-likeness (QED) is 0.570. The summed E-state index contributed by atoms with van der Waals surface area (Å²) in [4.78, 5) is 13.5. The van der Waals surface area contributed by atoms with E-state index in [9.17, 15) is 4.79 Å². The van der Waals surface area contributed by atoms with Gasteiger partial charge in [0.2, 0.25) is 0 Å². The highest BCUT2D eigenvalue weighted by Gasteiger charge is 2.29. The number of rotatable bonds is 3. The molecule has 3 heteroatoms. The Labute approximate surface area is 111 Å². The van der Waals surface area contributed by atoms with Gasteiger partial charge in [-0.15, -0.1) is 0 Å². The molecule has 1 rings (SSSR count). The molecule has 0 radical (unpaired) electrons. The van der Waals surface area contributed by atoms with Crippen LogP contribution >= 0.6 is 0 Å². The fraction of sp³-hybridized carbons (Fsp3) is 0.800. The second-order valence-electron chi connectivity index (χ2n) is 5.49. The third-order valence-corrected chi connectivity index (χ3v) is 3.55. The van der Waals surface area contributed by atoms with Gasteiger partial charge in [-0.3, -0.25) is 9.69 Å². The van der Waals surface area contributed by atoms with Crippen molar-refractivity contribution in [3.8, 4) is 11.8 Å². The molecule has 0 aromatic carbocycles. The molecular formula is C15H25NO2. The lowest BCUT2D eigenvalue weighted by Gasteiger charge is -2.28. The molecule has 1 heterocycles. The predicted octanol–water partition coefficient (Wildman–Crippen LogP) is 2.45. The Morgan fingerprint density at radius 3 is 2.44 bits per heavy atom. The summed E-state index contributed by atoms with van der Waals surface area (Å²) in [6.45, 7) is 10.4. The lowest BCUT2D eigenvalue weighted by Crippen LogP contribution is -2.35. The summed E-state index contributed by atoms with van der Waals surface area (Å²) < 4.78 is 5.36. The molecule has 0 saturated carbocycles. The lowest BCUT2D eigenvalue weighted by atomic mass is 9.93. The normalized spacial score (nSPS) is 19.8. The average molecular weight is 251 g/mol. The van der Waals surface area contributed by atoms with Crippen molar-refractivity contribution in [3.05, 3.63) is 0 Å². The number of nitrogens with zero attached hydrogens (tertiary/aromatic N) is 1. The minimum atomic E-state index is -0.665. The molecule has 1 atom stereocenters. The Morgan fingerprint density at radius 1 is 1.33 bits per heavy atom. The Morgan fingerprint density at radius 2 is 1.94 bits per heavy atom. The topological polar surface area (TPSA) is 29.5 Å². The zero-order valence-electron chi connectivity index (χ0n) is 12.1. The fourth-order valence-electron chi connectivity index (χ4n) is 2.03. The summed E-state index contributed by atoms with van der Waals surface area (Å²) in [5.74, 6) is 6.25. The number of carbonyl (C=O) groups excluding carboxylic acids is 1. The van der Waals surface area contributed by atoms with E-state index in [4.69, 9.17) is 4.74 Å². The van der Waals surface area contributed by atoms with Gasteiger partial charge in [-0.2, -0.15) is 0 Å². The van der Waals surface area contributed by atoms with Crippen LogP contribution in [0, 0.1) is 17.8 Å². The SMILES string of the molecule is CC(=O)O[C@@](C)(C#CCN1CCCCC1)C(C)C. The molecule has 0 aromatic heterocycles. The van der Waals surface area contributed by atoms with Gasteiger partial charge >= 0.3 is 5.97 Å². The van der Waals surface area contributed by atoms with Crippen molar-refractivity contribution < 1.29 is 9.53 Å². The van der Waals surface area contributed by atoms with E-state index in [1.54, 1.807) is 0 Å². The maximum atomic E-state index is 11.1. The Hall–Kier alpha value is -1.01. The summed E-state index contributed by atoms with van der Waals surface area (Å²) in [6, 6.07) is 0. The van der Waals surface area contributed by atoms with Gasteiger partial charge < -0.3 is 4.74 Å². The number of hydrogen-bond donors (Lipinski definition) is 0. The number of esters is 1. The molecule has 18 heavy (non-hydrogen) atoms. The average Bonchev–Trinajstić information content (AvgIpc) is 2.29. The van der Waals surface area contributed by atoms with Crippen LogP contribution in [0.15, 0.2) is 0 Å². The monoisotopic (exact) mass is 251 g/mol. The molecule has 3 nitrogen and oxygen atoms in total. The second-order valence-corrected chi connectivity index (χ2v) is 5.49. The van der Waals surface area contributed by atoms with Gasteiger partial charge in [-0.05, 0) is 32.9 Å². The Bertz CT molecular complexity index is 334. The Kier molecular flexibility index (Phi) is 5.68. The zero-order valence-corrected chi connectivity index (χ0v) is 12.1. The van der Waals surface area contributed by atoms with E-state index in [1.165, 1.54) is 26.2 Å². The van der Waals surface area contributed by atoms with Crippen LogP contribution in [0.4, 0.5) is 0 Å². The van der Waals surface area contributed by atoms with Gasteiger partial charge in [0.25, 0.3) is 0 Å². The first kappa shape index (κ1) is 15.0. The van der Waals surface area contributed by atoms with Crippen LogP contribution in [-0.4, -0.2) is 36.1 Å². The van der Waals surface area contributed by atoms with Crippen LogP contribution in [0.2, 0.25) is 0 Å². The molecule has 0 N–H and O–H groups in total. The van der Waals surface area contributed by atoms with E-state index < -0.39 is 5.60 Å². The molecule has 1 saturated heterocycles. The van der Waals surface area contributed by atoms with Crippen molar-refractivity contribution in [1.29, 1.82) is 0 Å². The molecule has 0 spiro atoms. The predicted molar refractivity (Wildman–Crippen MR) is 73.1 cm³/mol. The van der Waals surface area contributed by atoms with Crippen LogP contribution in [-0.2, 0) is 9.53 Å². The number of likely N-dealkylation sites (tertiary alicyclic amines) is 1. The van der Waals surface area contributed by atoms with E-state index >= 15 is 0 Å². The van der Waals surface area contributed by atoms with Gasteiger partial charge in [0.15, 0.2) is 5.60 Å². The van der Waals surface area contributed by atoms with Crippen LogP contribution < -0.4 is 0 Å².